The molecule has 3 aromatic rings. The number of para-hydroxylation sites is 1. The summed E-state index contributed by atoms with van der Waals surface area (Å²) in [4.78, 5) is 15.2. The van der Waals surface area contributed by atoms with Crippen molar-refractivity contribution in [1.29, 1.82) is 0 Å². The number of aromatic nitrogens is 3. The van der Waals surface area contributed by atoms with E-state index in [1.54, 1.807) is 18.2 Å². The lowest BCUT2D eigenvalue weighted by Crippen LogP contribution is -2.40. The van der Waals surface area contributed by atoms with Crippen LogP contribution in [0.15, 0.2) is 53.7 Å². The molecule has 5 rings (SSSR count). The predicted molar refractivity (Wildman–Crippen MR) is 116 cm³/mol. The Morgan fingerprint density at radius 3 is 2.63 bits per heavy atom. The van der Waals surface area contributed by atoms with Crippen molar-refractivity contribution in [2.45, 2.75) is 55.6 Å². The second-order valence-electron chi connectivity index (χ2n) is 8.04. The highest BCUT2D eigenvalue weighted by Gasteiger charge is 2.36. The largest absolute Gasteiger partial charge is 0.308 e. The number of halogens is 1. The lowest BCUT2D eigenvalue weighted by atomic mass is 10.1. The van der Waals surface area contributed by atoms with Gasteiger partial charge in [-0.2, -0.15) is 0 Å². The second kappa shape index (κ2) is 7.54. The van der Waals surface area contributed by atoms with E-state index in [1.807, 2.05) is 34.6 Å². The number of benzene rings is 2. The van der Waals surface area contributed by atoms with Crippen molar-refractivity contribution in [3.8, 4) is 11.4 Å². The minimum atomic E-state index is -0.325. The van der Waals surface area contributed by atoms with E-state index in [0.29, 0.717) is 16.5 Å². The molecule has 0 unspecified atom stereocenters. The molecule has 1 aromatic heterocycles. The topological polar surface area (TPSA) is 51.0 Å². The zero-order valence-electron chi connectivity index (χ0n) is 17.0. The van der Waals surface area contributed by atoms with Crippen LogP contribution in [0.1, 0.15) is 38.3 Å². The summed E-state index contributed by atoms with van der Waals surface area (Å²) in [5, 5.41) is 8.99. The highest BCUT2D eigenvalue weighted by Crippen LogP contribution is 2.42. The van der Waals surface area contributed by atoms with E-state index in [-0.39, 0.29) is 29.1 Å². The molecule has 0 bridgehead atoms. The van der Waals surface area contributed by atoms with Crippen molar-refractivity contribution in [1.82, 2.24) is 14.8 Å². The van der Waals surface area contributed by atoms with Crippen LogP contribution in [0.25, 0.3) is 11.4 Å². The van der Waals surface area contributed by atoms with Gasteiger partial charge in [-0.1, -0.05) is 42.1 Å². The summed E-state index contributed by atoms with van der Waals surface area (Å²) < 4.78 is 16.4. The summed E-state index contributed by atoms with van der Waals surface area (Å²) >= 11 is 1.41. The predicted octanol–water partition coefficient (Wildman–Crippen LogP) is 4.88. The lowest BCUT2D eigenvalue weighted by Gasteiger charge is -2.25. The number of amides is 1. The number of fused-ring (bicyclic) bond motifs is 1. The Labute approximate surface area is 179 Å². The van der Waals surface area contributed by atoms with Crippen LogP contribution in [0, 0.1) is 5.82 Å². The van der Waals surface area contributed by atoms with E-state index < -0.39 is 0 Å². The molecular formula is C23H23FN4OS. The van der Waals surface area contributed by atoms with Gasteiger partial charge in [0.15, 0.2) is 11.0 Å². The van der Waals surface area contributed by atoms with Crippen LogP contribution in [0.3, 0.4) is 0 Å². The van der Waals surface area contributed by atoms with E-state index >= 15 is 0 Å². The van der Waals surface area contributed by atoms with Crippen LogP contribution in [-0.4, -0.2) is 32.0 Å². The molecule has 2 aromatic carbocycles. The van der Waals surface area contributed by atoms with Gasteiger partial charge in [0.2, 0.25) is 5.91 Å². The first-order valence-corrected chi connectivity index (χ1v) is 11.2. The normalized spacial score (nSPS) is 19.0. The Bertz CT molecular complexity index is 1110. The molecule has 1 saturated carbocycles. The Hall–Kier alpha value is -2.67. The number of nitrogens with zero attached hydrogens (tertiary/aromatic N) is 4. The van der Waals surface area contributed by atoms with Gasteiger partial charge >= 0.3 is 0 Å². The fourth-order valence-electron chi connectivity index (χ4n) is 4.15. The molecule has 2 heterocycles. The van der Waals surface area contributed by atoms with Crippen LogP contribution >= 0.6 is 11.8 Å². The Kier molecular flexibility index (Phi) is 4.85. The molecule has 2 aliphatic rings. The summed E-state index contributed by atoms with van der Waals surface area (Å²) in [5.74, 6) is 0.294. The van der Waals surface area contributed by atoms with Gasteiger partial charge in [-0.05, 0) is 56.9 Å². The standard InChI is InChI=1S/C23H23FN4OS/c1-14-13-16-7-3-6-10-20(16)27(14)22(29)15(2)30-23-26-25-21(28(23)17-11-12-17)18-8-4-5-9-19(18)24/h3-10,14-15,17H,11-13H2,1-2H3/t14-,15-/m1/s1. The zero-order chi connectivity index (χ0) is 20.8. The van der Waals surface area contributed by atoms with Crippen LogP contribution in [0.2, 0.25) is 0 Å². The average Bonchev–Trinajstić information content (AvgIpc) is 3.41. The van der Waals surface area contributed by atoms with Gasteiger partial charge in [-0.3, -0.25) is 9.36 Å². The number of thioether (sulfide) groups is 1. The molecule has 1 fully saturated rings. The maximum absolute atomic E-state index is 14.4. The minimum absolute atomic E-state index is 0.0650. The van der Waals surface area contributed by atoms with Crippen molar-refractivity contribution in [2.75, 3.05) is 4.90 Å². The monoisotopic (exact) mass is 422 g/mol. The quantitative estimate of drug-likeness (QED) is 0.550. The molecule has 1 amide bonds. The lowest BCUT2D eigenvalue weighted by molar-refractivity contribution is -0.118. The van der Waals surface area contributed by atoms with Crippen molar-refractivity contribution >= 4 is 23.4 Å². The van der Waals surface area contributed by atoms with Gasteiger partial charge in [0.25, 0.3) is 0 Å². The van der Waals surface area contributed by atoms with Crippen molar-refractivity contribution in [2.24, 2.45) is 0 Å². The van der Waals surface area contributed by atoms with Crippen LogP contribution < -0.4 is 4.90 Å². The molecular weight excluding hydrogens is 399 g/mol. The molecule has 2 atom stereocenters. The third-order valence-electron chi connectivity index (χ3n) is 5.77. The minimum Gasteiger partial charge on any atom is -0.308 e. The highest BCUT2D eigenvalue weighted by molar-refractivity contribution is 8.00. The van der Waals surface area contributed by atoms with E-state index in [9.17, 15) is 9.18 Å². The summed E-state index contributed by atoms with van der Waals surface area (Å²) in [5.41, 5.74) is 2.65. The first kappa shape index (κ1) is 19.3. The first-order chi connectivity index (χ1) is 14.5. The van der Waals surface area contributed by atoms with Gasteiger partial charge in [-0.25, -0.2) is 4.39 Å². The zero-order valence-corrected chi connectivity index (χ0v) is 17.8. The molecule has 7 heteroatoms. The van der Waals surface area contributed by atoms with E-state index in [2.05, 4.69) is 23.2 Å². The van der Waals surface area contributed by atoms with Crippen molar-refractivity contribution in [3.63, 3.8) is 0 Å². The number of anilines is 1. The third-order valence-corrected chi connectivity index (χ3v) is 6.81. The fraction of sp³-hybridized carbons (Fsp3) is 0.348. The second-order valence-corrected chi connectivity index (χ2v) is 9.35. The Morgan fingerprint density at radius 1 is 1.13 bits per heavy atom. The molecule has 1 aliphatic carbocycles. The molecule has 154 valence electrons. The molecule has 5 nitrogen and oxygen atoms in total. The summed E-state index contributed by atoms with van der Waals surface area (Å²) in [6, 6.07) is 15.1. The van der Waals surface area contributed by atoms with E-state index in [1.165, 1.54) is 23.4 Å². The number of hydrogen-bond acceptors (Lipinski definition) is 4. The molecule has 0 radical (unpaired) electrons. The molecule has 1 aliphatic heterocycles. The van der Waals surface area contributed by atoms with Crippen LogP contribution in [0.5, 0.6) is 0 Å². The molecule has 0 N–H and O–H groups in total. The number of carbonyl (C=O) groups is 1. The van der Waals surface area contributed by atoms with Crippen LogP contribution in [0.4, 0.5) is 10.1 Å². The smallest absolute Gasteiger partial charge is 0.240 e. The fourth-order valence-corrected chi connectivity index (χ4v) is 5.12. The SMILES string of the molecule is C[C@@H]1Cc2ccccc2N1C(=O)[C@@H](C)Sc1nnc(-c2ccccc2F)n1C1CC1. The van der Waals surface area contributed by atoms with Crippen molar-refractivity contribution < 1.29 is 9.18 Å². The maximum atomic E-state index is 14.4. The third kappa shape index (κ3) is 3.31. The average molecular weight is 423 g/mol. The number of hydrogen-bond donors (Lipinski definition) is 0. The highest BCUT2D eigenvalue weighted by atomic mass is 32.2. The van der Waals surface area contributed by atoms with Crippen molar-refractivity contribution in [3.05, 3.63) is 59.9 Å². The Morgan fingerprint density at radius 2 is 1.87 bits per heavy atom. The van der Waals surface area contributed by atoms with Crippen LogP contribution in [-0.2, 0) is 11.2 Å². The maximum Gasteiger partial charge on any atom is 0.240 e. The van der Waals surface area contributed by atoms with Gasteiger partial charge in [0.05, 0.1) is 10.8 Å². The molecule has 0 spiro atoms. The van der Waals surface area contributed by atoms with Gasteiger partial charge < -0.3 is 4.90 Å². The Balaban J connectivity index is 1.43. The summed E-state index contributed by atoms with van der Waals surface area (Å²) in [6.07, 6.45) is 2.91. The molecule has 30 heavy (non-hydrogen) atoms. The van der Waals surface area contributed by atoms with E-state index in [4.69, 9.17) is 0 Å². The summed E-state index contributed by atoms with van der Waals surface area (Å²) in [7, 11) is 0. The van der Waals surface area contributed by atoms with E-state index in [0.717, 1.165) is 24.9 Å². The van der Waals surface area contributed by atoms with Gasteiger partial charge in [-0.15, -0.1) is 10.2 Å². The van der Waals surface area contributed by atoms with Gasteiger partial charge in [0, 0.05) is 17.8 Å². The molecule has 0 saturated heterocycles. The van der Waals surface area contributed by atoms with Gasteiger partial charge in [0.1, 0.15) is 5.82 Å². The number of rotatable bonds is 5. The first-order valence-electron chi connectivity index (χ1n) is 10.3. The summed E-state index contributed by atoms with van der Waals surface area (Å²) in [6.45, 7) is 3.99. The number of carbonyl (C=O) groups excluding carboxylic acids is 1.